The zero-order valence-corrected chi connectivity index (χ0v) is 19.2. The van der Waals surface area contributed by atoms with Gasteiger partial charge in [0.05, 0.1) is 18.2 Å². The van der Waals surface area contributed by atoms with Gasteiger partial charge in [-0.2, -0.15) is 0 Å². The van der Waals surface area contributed by atoms with Crippen LogP contribution in [0.3, 0.4) is 0 Å². The average molecular weight is 479 g/mol. The highest BCUT2D eigenvalue weighted by Gasteiger charge is 2.48. The van der Waals surface area contributed by atoms with E-state index in [0.29, 0.717) is 53.3 Å². The molecule has 1 aromatic heterocycles. The third-order valence-electron chi connectivity index (χ3n) is 5.53. The number of rotatable bonds is 6. The van der Waals surface area contributed by atoms with Crippen LogP contribution in [0.4, 0.5) is 5.13 Å². The van der Waals surface area contributed by atoms with Crippen molar-refractivity contribution in [3.8, 4) is 17.2 Å². The zero-order valence-electron chi connectivity index (χ0n) is 18.4. The van der Waals surface area contributed by atoms with E-state index in [0.717, 1.165) is 6.42 Å². The molecule has 0 unspecified atom stereocenters. The molecule has 9 heteroatoms. The molecule has 0 saturated carbocycles. The molecule has 0 radical (unpaired) electrons. The first kappa shape index (κ1) is 22.0. The van der Waals surface area contributed by atoms with Gasteiger partial charge in [-0.15, -0.1) is 11.3 Å². The number of nitrogens with zero attached hydrogens (tertiary/aromatic N) is 2. The molecule has 2 aliphatic heterocycles. The van der Waals surface area contributed by atoms with Crippen molar-refractivity contribution in [3.63, 3.8) is 0 Å². The first-order chi connectivity index (χ1) is 16.6. The molecule has 1 saturated heterocycles. The second-order valence-corrected chi connectivity index (χ2v) is 8.64. The van der Waals surface area contributed by atoms with Crippen molar-refractivity contribution in [2.24, 2.45) is 0 Å². The Morgan fingerprint density at radius 2 is 2.00 bits per heavy atom. The molecule has 1 N–H and O–H groups in total. The number of Topliss-reactive ketones (excluding diaryl/α,β-unsaturated/α-hetero) is 1. The van der Waals surface area contributed by atoms with Gasteiger partial charge in [0.2, 0.25) is 0 Å². The van der Waals surface area contributed by atoms with Crippen molar-refractivity contribution >= 4 is 33.9 Å². The van der Waals surface area contributed by atoms with Gasteiger partial charge < -0.3 is 19.3 Å². The molecule has 5 rings (SSSR count). The minimum absolute atomic E-state index is 0.0236. The van der Waals surface area contributed by atoms with E-state index in [4.69, 9.17) is 14.2 Å². The minimum atomic E-state index is -0.871. The van der Waals surface area contributed by atoms with Crippen LogP contribution in [0.15, 0.2) is 59.6 Å². The molecule has 174 valence electrons. The Balaban J connectivity index is 1.65. The van der Waals surface area contributed by atoms with Crippen LogP contribution in [0.2, 0.25) is 0 Å². The number of aliphatic hydroxyl groups is 1. The molecule has 3 heterocycles. The number of hydrogen-bond donors (Lipinski definition) is 1. The predicted octanol–water partition coefficient (Wildman–Crippen LogP) is 4.33. The highest BCUT2D eigenvalue weighted by Crippen LogP contribution is 2.44. The fourth-order valence-electron chi connectivity index (χ4n) is 4.02. The Hall–Kier alpha value is -3.85. The van der Waals surface area contributed by atoms with Crippen LogP contribution >= 0.6 is 11.3 Å². The van der Waals surface area contributed by atoms with Crippen LogP contribution in [0.1, 0.15) is 30.5 Å². The van der Waals surface area contributed by atoms with Crippen LogP contribution in [0, 0.1) is 0 Å². The number of anilines is 1. The largest absolute Gasteiger partial charge is 0.507 e. The lowest BCUT2D eigenvalue weighted by molar-refractivity contribution is -0.132. The number of hydrogen-bond acceptors (Lipinski definition) is 8. The lowest BCUT2D eigenvalue weighted by Crippen LogP contribution is -2.29. The molecule has 34 heavy (non-hydrogen) atoms. The molecule has 1 atom stereocenters. The minimum Gasteiger partial charge on any atom is -0.507 e. The van der Waals surface area contributed by atoms with E-state index < -0.39 is 17.7 Å². The van der Waals surface area contributed by atoms with Gasteiger partial charge >= 0.3 is 5.91 Å². The average Bonchev–Trinajstić information content (AvgIpc) is 3.49. The SMILES string of the molecule is CCCOc1cccc([C@H]2C(=C(O)c3ccc4c(c3)OCCO4)C(=O)C(=O)N2c2nccs2)c1. The summed E-state index contributed by atoms with van der Waals surface area (Å²) in [6.45, 7) is 3.37. The molecule has 0 spiro atoms. The summed E-state index contributed by atoms with van der Waals surface area (Å²) in [5.74, 6) is -0.187. The maximum absolute atomic E-state index is 13.2. The van der Waals surface area contributed by atoms with Crippen molar-refractivity contribution in [1.82, 2.24) is 4.98 Å². The van der Waals surface area contributed by atoms with Crippen LogP contribution in [-0.2, 0) is 9.59 Å². The highest BCUT2D eigenvalue weighted by molar-refractivity contribution is 7.14. The summed E-state index contributed by atoms with van der Waals surface area (Å²) in [6.07, 6.45) is 2.41. The Labute approximate surface area is 200 Å². The third-order valence-corrected chi connectivity index (χ3v) is 6.30. The van der Waals surface area contributed by atoms with E-state index in [-0.39, 0.29) is 11.3 Å². The summed E-state index contributed by atoms with van der Waals surface area (Å²) in [5.41, 5.74) is 0.955. The Bertz CT molecular complexity index is 1270. The van der Waals surface area contributed by atoms with Crippen molar-refractivity contribution in [2.45, 2.75) is 19.4 Å². The Morgan fingerprint density at radius 1 is 1.18 bits per heavy atom. The molecular formula is C25H22N2O6S. The maximum atomic E-state index is 13.2. The van der Waals surface area contributed by atoms with Crippen molar-refractivity contribution < 1.29 is 28.9 Å². The van der Waals surface area contributed by atoms with E-state index in [1.54, 1.807) is 48.0 Å². The number of carbonyl (C=O) groups excluding carboxylic acids is 2. The van der Waals surface area contributed by atoms with E-state index >= 15 is 0 Å². The quantitative estimate of drug-likeness (QED) is 0.320. The highest BCUT2D eigenvalue weighted by atomic mass is 32.1. The lowest BCUT2D eigenvalue weighted by Gasteiger charge is -2.23. The third kappa shape index (κ3) is 3.88. The number of benzene rings is 2. The monoisotopic (exact) mass is 478 g/mol. The molecule has 0 bridgehead atoms. The van der Waals surface area contributed by atoms with Crippen LogP contribution in [0.25, 0.3) is 5.76 Å². The summed E-state index contributed by atoms with van der Waals surface area (Å²) < 4.78 is 16.9. The van der Waals surface area contributed by atoms with Gasteiger partial charge in [0.15, 0.2) is 16.6 Å². The molecule has 0 aliphatic carbocycles. The smallest absolute Gasteiger partial charge is 0.301 e. The lowest BCUT2D eigenvalue weighted by atomic mass is 9.95. The van der Waals surface area contributed by atoms with Crippen LogP contribution in [0.5, 0.6) is 17.2 Å². The molecule has 3 aromatic rings. The van der Waals surface area contributed by atoms with E-state index in [9.17, 15) is 14.7 Å². The molecule has 1 amide bonds. The number of aliphatic hydroxyl groups excluding tert-OH is 1. The van der Waals surface area contributed by atoms with Gasteiger partial charge in [-0.25, -0.2) is 4.98 Å². The summed E-state index contributed by atoms with van der Waals surface area (Å²) >= 11 is 1.24. The van der Waals surface area contributed by atoms with Crippen LogP contribution in [-0.4, -0.2) is 41.6 Å². The number of ether oxygens (including phenoxy) is 3. The molecule has 2 aliphatic rings. The molecular weight excluding hydrogens is 456 g/mol. The van der Waals surface area contributed by atoms with Gasteiger partial charge in [-0.3, -0.25) is 14.5 Å². The number of fused-ring (bicyclic) bond motifs is 1. The predicted molar refractivity (Wildman–Crippen MR) is 127 cm³/mol. The van der Waals surface area contributed by atoms with Gasteiger partial charge in [-0.05, 0) is 42.3 Å². The summed E-state index contributed by atoms with van der Waals surface area (Å²) in [7, 11) is 0. The van der Waals surface area contributed by atoms with Crippen LogP contribution < -0.4 is 19.1 Å². The van der Waals surface area contributed by atoms with E-state index in [1.807, 2.05) is 13.0 Å². The van der Waals surface area contributed by atoms with Gasteiger partial charge in [0.25, 0.3) is 5.78 Å². The van der Waals surface area contributed by atoms with Gasteiger partial charge in [-0.1, -0.05) is 19.1 Å². The molecule has 8 nitrogen and oxygen atoms in total. The summed E-state index contributed by atoms with van der Waals surface area (Å²) in [6, 6.07) is 11.2. The summed E-state index contributed by atoms with van der Waals surface area (Å²) in [4.78, 5) is 32.0. The topological polar surface area (TPSA) is 98.2 Å². The number of amides is 1. The van der Waals surface area contributed by atoms with E-state index in [1.165, 1.54) is 16.2 Å². The first-order valence-electron chi connectivity index (χ1n) is 10.9. The number of thiazole rings is 1. The van der Waals surface area contributed by atoms with Gasteiger partial charge in [0.1, 0.15) is 24.7 Å². The van der Waals surface area contributed by atoms with Crippen molar-refractivity contribution in [2.75, 3.05) is 24.7 Å². The second-order valence-electron chi connectivity index (χ2n) is 7.76. The molecule has 1 fully saturated rings. The Kier molecular flexibility index (Phi) is 5.93. The second kappa shape index (κ2) is 9.18. The number of aromatic nitrogens is 1. The fraction of sp³-hybridized carbons (Fsp3) is 0.240. The normalized spacial score (nSPS) is 18.9. The van der Waals surface area contributed by atoms with Crippen molar-refractivity contribution in [3.05, 3.63) is 70.7 Å². The van der Waals surface area contributed by atoms with Gasteiger partial charge in [0, 0.05) is 17.1 Å². The maximum Gasteiger partial charge on any atom is 0.301 e. The molecule has 2 aromatic carbocycles. The van der Waals surface area contributed by atoms with Crippen molar-refractivity contribution in [1.29, 1.82) is 0 Å². The number of ketones is 1. The van der Waals surface area contributed by atoms with E-state index in [2.05, 4.69) is 4.98 Å². The standard InChI is InChI=1S/C25H22N2O6S/c1-2-9-31-17-5-3-4-15(13-17)21-20(23(29)24(30)27(21)25-26-8-12-34-25)22(28)16-6-7-18-19(14-16)33-11-10-32-18/h3-8,12-14,21,28H,2,9-11H2,1H3/t21-/m0/s1. The number of carbonyl (C=O) groups is 2. The fourth-order valence-corrected chi connectivity index (χ4v) is 4.69. The zero-order chi connectivity index (χ0) is 23.7. The Morgan fingerprint density at radius 3 is 2.76 bits per heavy atom. The summed E-state index contributed by atoms with van der Waals surface area (Å²) in [5, 5.41) is 13.4. The first-order valence-corrected chi connectivity index (χ1v) is 11.8.